The summed E-state index contributed by atoms with van der Waals surface area (Å²) in [6.45, 7) is 2.97. The van der Waals surface area contributed by atoms with E-state index in [2.05, 4.69) is 50.9 Å². The van der Waals surface area contributed by atoms with Crippen LogP contribution in [0, 0.1) is 0 Å². The lowest BCUT2D eigenvalue weighted by Gasteiger charge is -2.19. The van der Waals surface area contributed by atoms with Gasteiger partial charge in [-0.15, -0.1) is 0 Å². The summed E-state index contributed by atoms with van der Waals surface area (Å²) in [6.07, 6.45) is 3.00. The minimum absolute atomic E-state index is 0.629. The molecule has 1 aliphatic rings. The number of fused-ring (bicyclic) bond motifs is 3. The summed E-state index contributed by atoms with van der Waals surface area (Å²) in [5.74, 6) is 0.861. The molecular formula is C17H19BrN4O. The van der Waals surface area contributed by atoms with Crippen LogP contribution in [0.1, 0.15) is 12.2 Å². The predicted molar refractivity (Wildman–Crippen MR) is 94.4 cm³/mol. The molecule has 3 aromatic rings. The number of halogens is 1. The molecule has 5 nitrogen and oxygen atoms in total. The van der Waals surface area contributed by atoms with E-state index in [1.807, 2.05) is 12.1 Å². The first kappa shape index (κ1) is 15.1. The number of furan rings is 1. The average Bonchev–Trinajstić information content (AvgIpc) is 3.12. The van der Waals surface area contributed by atoms with E-state index in [1.165, 1.54) is 6.42 Å². The van der Waals surface area contributed by atoms with E-state index in [4.69, 9.17) is 9.40 Å². The van der Waals surface area contributed by atoms with E-state index in [1.54, 1.807) is 6.20 Å². The Morgan fingerprint density at radius 3 is 3.00 bits per heavy atom. The van der Waals surface area contributed by atoms with Gasteiger partial charge in [0.05, 0.1) is 12.7 Å². The molecule has 0 amide bonds. The molecule has 0 N–H and O–H groups in total. The molecule has 120 valence electrons. The molecule has 1 unspecified atom stereocenters. The molecule has 1 aromatic carbocycles. The molecule has 0 aliphatic carbocycles. The summed E-state index contributed by atoms with van der Waals surface area (Å²) in [4.78, 5) is 14.0. The van der Waals surface area contributed by atoms with Gasteiger partial charge >= 0.3 is 0 Å². The van der Waals surface area contributed by atoms with Gasteiger partial charge in [0.25, 0.3) is 0 Å². The fourth-order valence-corrected chi connectivity index (χ4v) is 3.58. The number of likely N-dealkylation sites (tertiary alicyclic amines) is 1. The van der Waals surface area contributed by atoms with Gasteiger partial charge in [-0.25, -0.2) is 9.97 Å². The van der Waals surface area contributed by atoms with Gasteiger partial charge in [-0.1, -0.05) is 15.9 Å². The van der Waals surface area contributed by atoms with Crippen LogP contribution in [0.15, 0.2) is 33.3 Å². The first-order chi connectivity index (χ1) is 11.1. The Labute approximate surface area is 143 Å². The van der Waals surface area contributed by atoms with Crippen molar-refractivity contribution in [2.75, 3.05) is 27.2 Å². The fourth-order valence-electron chi connectivity index (χ4n) is 3.22. The van der Waals surface area contributed by atoms with Crippen molar-refractivity contribution >= 4 is 38.0 Å². The lowest BCUT2D eigenvalue weighted by molar-refractivity contribution is 0.261. The van der Waals surface area contributed by atoms with Crippen molar-refractivity contribution in [3.63, 3.8) is 0 Å². The largest absolute Gasteiger partial charge is 0.453 e. The highest BCUT2D eigenvalue weighted by atomic mass is 79.9. The maximum Gasteiger partial charge on any atom is 0.172 e. The van der Waals surface area contributed by atoms with Crippen LogP contribution in [0.25, 0.3) is 22.1 Å². The summed E-state index contributed by atoms with van der Waals surface area (Å²) in [5.41, 5.74) is 2.49. The standard InChI is InChI=1S/C17H19BrN4O/c1-21(2)12-5-6-22(9-12)10-16-19-8-15-17(20-16)13-7-11(18)3-4-14(13)23-15/h3-4,7-8,12H,5-6,9-10H2,1-2H3. The lowest BCUT2D eigenvalue weighted by atomic mass is 10.2. The van der Waals surface area contributed by atoms with Gasteiger partial charge in [0, 0.05) is 29.0 Å². The maximum absolute atomic E-state index is 5.81. The van der Waals surface area contributed by atoms with Crippen LogP contribution in [-0.4, -0.2) is 53.0 Å². The van der Waals surface area contributed by atoms with E-state index in [0.29, 0.717) is 6.04 Å². The number of rotatable bonds is 3. The van der Waals surface area contributed by atoms with Crippen LogP contribution in [0.3, 0.4) is 0 Å². The van der Waals surface area contributed by atoms with Crippen molar-refractivity contribution in [1.29, 1.82) is 0 Å². The third-order valence-electron chi connectivity index (χ3n) is 4.56. The van der Waals surface area contributed by atoms with Crippen LogP contribution >= 0.6 is 15.9 Å². The minimum Gasteiger partial charge on any atom is -0.453 e. The highest BCUT2D eigenvalue weighted by Gasteiger charge is 2.24. The van der Waals surface area contributed by atoms with Gasteiger partial charge in [0.15, 0.2) is 5.58 Å². The molecular weight excluding hydrogens is 356 g/mol. The fraction of sp³-hybridized carbons (Fsp3) is 0.412. The Morgan fingerprint density at radius 1 is 1.35 bits per heavy atom. The van der Waals surface area contributed by atoms with Crippen LogP contribution in [0.5, 0.6) is 0 Å². The van der Waals surface area contributed by atoms with Gasteiger partial charge in [-0.2, -0.15) is 0 Å². The van der Waals surface area contributed by atoms with Crippen LogP contribution < -0.4 is 0 Å². The van der Waals surface area contributed by atoms with E-state index < -0.39 is 0 Å². The number of benzene rings is 1. The molecule has 1 saturated heterocycles. The lowest BCUT2D eigenvalue weighted by Crippen LogP contribution is -2.31. The Morgan fingerprint density at radius 2 is 2.22 bits per heavy atom. The third-order valence-corrected chi connectivity index (χ3v) is 5.06. The third kappa shape index (κ3) is 2.86. The zero-order valence-electron chi connectivity index (χ0n) is 13.3. The second kappa shape index (κ2) is 5.85. The van der Waals surface area contributed by atoms with Gasteiger partial charge in [-0.3, -0.25) is 4.90 Å². The average molecular weight is 375 g/mol. The highest BCUT2D eigenvalue weighted by molar-refractivity contribution is 9.10. The summed E-state index contributed by atoms with van der Waals surface area (Å²) in [7, 11) is 4.29. The first-order valence-electron chi connectivity index (χ1n) is 7.82. The van der Waals surface area contributed by atoms with E-state index >= 15 is 0 Å². The van der Waals surface area contributed by atoms with Crippen molar-refractivity contribution in [1.82, 2.24) is 19.8 Å². The predicted octanol–water partition coefficient (Wildman–Crippen LogP) is 3.27. The van der Waals surface area contributed by atoms with Crippen molar-refractivity contribution in [2.45, 2.75) is 19.0 Å². The van der Waals surface area contributed by atoms with Gasteiger partial charge in [0.2, 0.25) is 0 Å². The van der Waals surface area contributed by atoms with E-state index in [9.17, 15) is 0 Å². The van der Waals surface area contributed by atoms with Gasteiger partial charge in [-0.05, 0) is 38.7 Å². The number of aromatic nitrogens is 2. The molecule has 0 spiro atoms. The molecule has 0 radical (unpaired) electrons. The Bertz CT molecular complexity index is 860. The normalized spacial score (nSPS) is 19.4. The molecule has 1 atom stereocenters. The molecule has 23 heavy (non-hydrogen) atoms. The number of nitrogens with zero attached hydrogens (tertiary/aromatic N) is 4. The SMILES string of the molecule is CN(C)C1CCN(Cc2ncc3oc4ccc(Br)cc4c3n2)C1. The quantitative estimate of drug-likeness (QED) is 0.703. The second-order valence-electron chi connectivity index (χ2n) is 6.38. The van der Waals surface area contributed by atoms with Crippen molar-refractivity contribution in [2.24, 2.45) is 0 Å². The van der Waals surface area contributed by atoms with Crippen molar-refractivity contribution < 1.29 is 4.42 Å². The molecule has 1 aliphatic heterocycles. The molecule has 0 saturated carbocycles. The van der Waals surface area contributed by atoms with Crippen LogP contribution in [-0.2, 0) is 6.54 Å². The number of likely N-dealkylation sites (N-methyl/N-ethyl adjacent to an activating group) is 1. The molecule has 2 aromatic heterocycles. The zero-order chi connectivity index (χ0) is 16.0. The summed E-state index contributed by atoms with van der Waals surface area (Å²) in [6, 6.07) is 6.62. The Kier molecular flexibility index (Phi) is 3.83. The Balaban J connectivity index is 1.63. The summed E-state index contributed by atoms with van der Waals surface area (Å²) in [5, 5.41) is 1.03. The van der Waals surface area contributed by atoms with Gasteiger partial charge in [0.1, 0.15) is 16.9 Å². The van der Waals surface area contributed by atoms with Crippen LogP contribution in [0.2, 0.25) is 0 Å². The summed E-state index contributed by atoms with van der Waals surface area (Å²) >= 11 is 3.51. The van der Waals surface area contributed by atoms with Crippen LogP contribution in [0.4, 0.5) is 0 Å². The molecule has 0 bridgehead atoms. The van der Waals surface area contributed by atoms with E-state index in [-0.39, 0.29) is 0 Å². The molecule has 4 rings (SSSR count). The molecule has 3 heterocycles. The topological polar surface area (TPSA) is 45.4 Å². The monoisotopic (exact) mass is 374 g/mol. The zero-order valence-corrected chi connectivity index (χ0v) is 14.9. The first-order valence-corrected chi connectivity index (χ1v) is 8.62. The number of hydrogen-bond acceptors (Lipinski definition) is 5. The second-order valence-corrected chi connectivity index (χ2v) is 7.30. The Hall–Kier alpha value is -1.50. The van der Waals surface area contributed by atoms with Crippen molar-refractivity contribution in [3.05, 3.63) is 34.7 Å². The van der Waals surface area contributed by atoms with Crippen molar-refractivity contribution in [3.8, 4) is 0 Å². The smallest absolute Gasteiger partial charge is 0.172 e. The van der Waals surface area contributed by atoms with Gasteiger partial charge < -0.3 is 9.32 Å². The molecule has 6 heteroatoms. The number of hydrogen-bond donors (Lipinski definition) is 0. The molecule has 1 fully saturated rings. The maximum atomic E-state index is 5.81. The highest BCUT2D eigenvalue weighted by Crippen LogP contribution is 2.29. The van der Waals surface area contributed by atoms with E-state index in [0.717, 1.165) is 52.0 Å². The summed E-state index contributed by atoms with van der Waals surface area (Å²) < 4.78 is 6.84. The minimum atomic E-state index is 0.629.